The number of hydrogen-bond acceptors (Lipinski definition) is 4. The molecule has 0 atom stereocenters. The molecule has 4 rings (SSSR count). The smallest absolute Gasteiger partial charge is 0.275 e. The fraction of sp³-hybridized carbons (Fsp3) is 0.333. The van der Waals surface area contributed by atoms with Gasteiger partial charge in [0, 0.05) is 12.1 Å². The van der Waals surface area contributed by atoms with Gasteiger partial charge < -0.3 is 24.6 Å². The summed E-state index contributed by atoms with van der Waals surface area (Å²) >= 11 is 0. The van der Waals surface area contributed by atoms with Crippen LogP contribution in [0.15, 0.2) is 48.5 Å². The van der Waals surface area contributed by atoms with E-state index in [1.165, 1.54) is 4.90 Å². The largest absolute Gasteiger partial charge is 0.454 e. The summed E-state index contributed by atoms with van der Waals surface area (Å²) < 4.78 is 10.6. The number of piperazine rings is 1. The van der Waals surface area contributed by atoms with E-state index in [4.69, 9.17) is 9.47 Å². The lowest BCUT2D eigenvalue weighted by atomic mass is 10.2. The van der Waals surface area contributed by atoms with Crippen molar-refractivity contribution in [3.8, 4) is 11.5 Å². The molecule has 1 fully saturated rings. The van der Waals surface area contributed by atoms with Gasteiger partial charge >= 0.3 is 0 Å². The number of nitrogens with zero attached hydrogens (tertiary/aromatic N) is 1. The number of nitrogens with one attached hydrogen (secondary N) is 2. The van der Waals surface area contributed by atoms with Crippen LogP contribution in [-0.4, -0.2) is 56.2 Å². The van der Waals surface area contributed by atoms with Crippen LogP contribution in [0.2, 0.25) is 0 Å². The van der Waals surface area contributed by atoms with Crippen molar-refractivity contribution in [3.05, 3.63) is 59.7 Å². The van der Waals surface area contributed by atoms with Crippen LogP contribution in [0.3, 0.4) is 0 Å². The summed E-state index contributed by atoms with van der Waals surface area (Å²) in [6.45, 7) is 4.00. The molecule has 7 nitrogen and oxygen atoms in total. The van der Waals surface area contributed by atoms with E-state index in [1.54, 1.807) is 0 Å². The van der Waals surface area contributed by atoms with Gasteiger partial charge in [-0.25, -0.2) is 0 Å². The lowest BCUT2D eigenvalue weighted by Crippen LogP contribution is -3.15. The molecule has 2 aromatic carbocycles. The van der Waals surface area contributed by atoms with Crippen LogP contribution in [0.25, 0.3) is 0 Å². The summed E-state index contributed by atoms with van der Waals surface area (Å²) in [6.07, 6.45) is 0. The molecule has 2 heterocycles. The Morgan fingerprint density at radius 2 is 1.75 bits per heavy atom. The minimum absolute atomic E-state index is 0.00972. The van der Waals surface area contributed by atoms with Crippen molar-refractivity contribution >= 4 is 11.8 Å². The summed E-state index contributed by atoms with van der Waals surface area (Å²) in [5.74, 6) is 1.53. The first-order valence-corrected chi connectivity index (χ1v) is 9.52. The molecule has 2 aliphatic heterocycles. The van der Waals surface area contributed by atoms with E-state index in [9.17, 15) is 9.59 Å². The first-order valence-electron chi connectivity index (χ1n) is 9.52. The topological polar surface area (TPSA) is 72.3 Å². The molecule has 0 aliphatic carbocycles. The van der Waals surface area contributed by atoms with Crippen LogP contribution in [0, 0.1) is 0 Å². The highest BCUT2D eigenvalue weighted by atomic mass is 16.7. The third-order valence-electron chi connectivity index (χ3n) is 5.12. The molecule has 2 aliphatic rings. The van der Waals surface area contributed by atoms with Crippen molar-refractivity contribution < 1.29 is 24.0 Å². The molecular formula is C21H24N3O4+. The van der Waals surface area contributed by atoms with E-state index in [-0.39, 0.29) is 18.6 Å². The Bertz CT molecular complexity index is 848. The molecule has 146 valence electrons. The molecule has 1 saturated heterocycles. The second kappa shape index (κ2) is 8.31. The summed E-state index contributed by atoms with van der Waals surface area (Å²) in [5.41, 5.74) is 1.69. The molecule has 0 bridgehead atoms. The molecule has 0 radical (unpaired) electrons. The van der Waals surface area contributed by atoms with Crippen LogP contribution in [-0.2, 0) is 11.3 Å². The fourth-order valence-electron chi connectivity index (χ4n) is 3.51. The summed E-state index contributed by atoms with van der Waals surface area (Å²) in [4.78, 5) is 27.8. The van der Waals surface area contributed by atoms with Gasteiger partial charge in [-0.1, -0.05) is 24.3 Å². The van der Waals surface area contributed by atoms with E-state index in [0.717, 1.165) is 30.2 Å². The minimum atomic E-state index is 0.00972. The Morgan fingerprint density at radius 1 is 1.00 bits per heavy atom. The summed E-state index contributed by atoms with van der Waals surface area (Å²) in [6, 6.07) is 15.0. The van der Waals surface area contributed by atoms with Crippen molar-refractivity contribution in [1.82, 2.24) is 10.2 Å². The number of ether oxygens (including phenoxy) is 2. The predicted octanol–water partition coefficient (Wildman–Crippen LogP) is 0.0724. The number of hydrogen-bond donors (Lipinski definition) is 2. The molecule has 2 amide bonds. The molecule has 0 unspecified atom stereocenters. The van der Waals surface area contributed by atoms with Crippen molar-refractivity contribution in [2.45, 2.75) is 6.54 Å². The van der Waals surface area contributed by atoms with E-state index >= 15 is 0 Å². The van der Waals surface area contributed by atoms with Crippen LogP contribution >= 0.6 is 0 Å². The monoisotopic (exact) mass is 382 g/mol. The first kappa shape index (κ1) is 18.3. The third kappa shape index (κ3) is 4.26. The molecule has 7 heteroatoms. The number of carbonyl (C=O) groups is 2. The molecule has 2 N–H and O–H groups in total. The first-order chi connectivity index (χ1) is 13.7. The standard InChI is InChI=1S/C21H23N3O4/c25-20(22-13-16-6-7-18-19(12-16)28-15-27-18)14-23-8-10-24(11-9-23)21(26)17-4-2-1-3-5-17/h1-7,12H,8-11,13-15H2,(H,22,25)/p+1. The lowest BCUT2D eigenvalue weighted by molar-refractivity contribution is -0.896. The van der Waals surface area contributed by atoms with Crippen LogP contribution in [0.4, 0.5) is 0 Å². The highest BCUT2D eigenvalue weighted by Gasteiger charge is 2.25. The number of fused-ring (bicyclic) bond motifs is 1. The number of amides is 2. The van der Waals surface area contributed by atoms with Crippen molar-refractivity contribution in [2.24, 2.45) is 0 Å². The second-order valence-corrected chi connectivity index (χ2v) is 7.05. The normalized spacial score (nSPS) is 16.1. The predicted molar refractivity (Wildman–Crippen MR) is 102 cm³/mol. The molecule has 0 aromatic heterocycles. The quantitative estimate of drug-likeness (QED) is 0.768. The minimum Gasteiger partial charge on any atom is -0.454 e. The maximum atomic E-state index is 12.5. The molecule has 28 heavy (non-hydrogen) atoms. The lowest BCUT2D eigenvalue weighted by Gasteiger charge is -2.32. The number of benzene rings is 2. The van der Waals surface area contributed by atoms with E-state index in [1.807, 2.05) is 53.4 Å². The van der Waals surface area contributed by atoms with Crippen LogP contribution < -0.4 is 19.7 Å². The van der Waals surface area contributed by atoms with E-state index < -0.39 is 0 Å². The molecule has 0 spiro atoms. The van der Waals surface area contributed by atoms with Crippen molar-refractivity contribution in [3.63, 3.8) is 0 Å². The average molecular weight is 382 g/mol. The zero-order chi connectivity index (χ0) is 19.3. The third-order valence-corrected chi connectivity index (χ3v) is 5.12. The summed E-state index contributed by atoms with van der Waals surface area (Å²) in [7, 11) is 0. The van der Waals surface area contributed by atoms with Gasteiger partial charge in [-0.05, 0) is 29.8 Å². The summed E-state index contributed by atoms with van der Waals surface area (Å²) in [5, 5.41) is 2.96. The highest BCUT2D eigenvalue weighted by molar-refractivity contribution is 5.94. The van der Waals surface area contributed by atoms with Crippen LogP contribution in [0.1, 0.15) is 15.9 Å². The molecular weight excluding hydrogens is 358 g/mol. The van der Waals surface area contributed by atoms with Gasteiger partial charge in [0.2, 0.25) is 6.79 Å². The number of rotatable bonds is 5. The van der Waals surface area contributed by atoms with Crippen molar-refractivity contribution in [2.75, 3.05) is 39.5 Å². The van der Waals surface area contributed by atoms with Gasteiger partial charge in [0.15, 0.2) is 18.0 Å². The maximum Gasteiger partial charge on any atom is 0.275 e. The van der Waals surface area contributed by atoms with Gasteiger partial charge in [0.1, 0.15) is 0 Å². The Hall–Kier alpha value is -3.06. The Balaban J connectivity index is 1.21. The van der Waals surface area contributed by atoms with Gasteiger partial charge in [0.05, 0.1) is 26.2 Å². The van der Waals surface area contributed by atoms with Gasteiger partial charge in [-0.2, -0.15) is 0 Å². The zero-order valence-electron chi connectivity index (χ0n) is 15.6. The van der Waals surface area contributed by atoms with Gasteiger partial charge in [-0.3, -0.25) is 9.59 Å². The Kier molecular flexibility index (Phi) is 5.43. The van der Waals surface area contributed by atoms with Crippen LogP contribution in [0.5, 0.6) is 11.5 Å². The van der Waals surface area contributed by atoms with E-state index in [0.29, 0.717) is 31.7 Å². The SMILES string of the molecule is O=C(C[NH+]1CCN(C(=O)c2ccccc2)CC1)NCc1ccc2c(c1)OCO2. The maximum absolute atomic E-state index is 12.5. The van der Waals surface area contributed by atoms with Gasteiger partial charge in [0.25, 0.3) is 11.8 Å². The number of quaternary nitrogens is 1. The fourth-order valence-corrected chi connectivity index (χ4v) is 3.51. The molecule has 0 saturated carbocycles. The highest BCUT2D eigenvalue weighted by Crippen LogP contribution is 2.32. The Morgan fingerprint density at radius 3 is 2.54 bits per heavy atom. The second-order valence-electron chi connectivity index (χ2n) is 7.05. The van der Waals surface area contributed by atoms with Crippen molar-refractivity contribution in [1.29, 1.82) is 0 Å². The van der Waals surface area contributed by atoms with Gasteiger partial charge in [-0.15, -0.1) is 0 Å². The average Bonchev–Trinajstić information content (AvgIpc) is 3.21. The zero-order valence-corrected chi connectivity index (χ0v) is 15.6. The number of carbonyl (C=O) groups excluding carboxylic acids is 2. The molecule has 2 aromatic rings. The van der Waals surface area contributed by atoms with E-state index in [2.05, 4.69) is 5.32 Å². The Labute approximate surface area is 163 Å².